The lowest BCUT2D eigenvalue weighted by Gasteiger charge is -2.08. The number of ketones is 1. The Morgan fingerprint density at radius 2 is 2.14 bits per heavy atom. The second-order valence-electron chi connectivity index (χ2n) is 4.23. The minimum atomic E-state index is -4.49. The quantitative estimate of drug-likeness (QED) is 0.384. The van der Waals surface area contributed by atoms with Gasteiger partial charge in [0.15, 0.2) is 11.0 Å². The second-order valence-corrected chi connectivity index (χ2v) is 5.05. The van der Waals surface area contributed by atoms with E-state index in [1.807, 2.05) is 0 Å². The third-order valence-corrected chi connectivity index (χ3v) is 3.14. The van der Waals surface area contributed by atoms with Gasteiger partial charge < -0.3 is 5.73 Å². The molecule has 0 heterocycles. The van der Waals surface area contributed by atoms with Gasteiger partial charge in [-0.05, 0) is 24.5 Å². The minimum absolute atomic E-state index is 0.0253. The van der Waals surface area contributed by atoms with Crippen molar-refractivity contribution < 1.29 is 18.0 Å². The van der Waals surface area contributed by atoms with Crippen LogP contribution in [-0.2, 0) is 6.18 Å². The molecule has 0 spiro atoms. The first-order valence-electron chi connectivity index (χ1n) is 6.18. The lowest BCUT2D eigenvalue weighted by atomic mass is 10.0. The summed E-state index contributed by atoms with van der Waals surface area (Å²) in [6.45, 7) is 3.51. The fraction of sp³-hybridized carbons (Fsp3) is 0.200. The molecular weight excluding hydrogens is 313 g/mol. The zero-order chi connectivity index (χ0) is 16.8. The maximum atomic E-state index is 12.7. The average molecular weight is 328 g/mol. The summed E-state index contributed by atoms with van der Waals surface area (Å²) >= 11 is 1.20. The number of halogens is 3. The first kappa shape index (κ1) is 18.0. The van der Waals surface area contributed by atoms with Crippen molar-refractivity contribution in [1.29, 1.82) is 0 Å². The molecule has 0 aliphatic heterocycles. The van der Waals surface area contributed by atoms with E-state index in [-0.39, 0.29) is 17.2 Å². The van der Waals surface area contributed by atoms with Crippen molar-refractivity contribution in [3.8, 4) is 0 Å². The summed E-state index contributed by atoms with van der Waals surface area (Å²) in [4.78, 5) is 16.1. The van der Waals surface area contributed by atoms with E-state index in [4.69, 9.17) is 5.73 Å². The van der Waals surface area contributed by atoms with Crippen LogP contribution in [0, 0.1) is 0 Å². The fourth-order valence-corrected chi connectivity index (χ4v) is 1.80. The molecule has 0 aliphatic rings. The zero-order valence-electron chi connectivity index (χ0n) is 11.9. The van der Waals surface area contributed by atoms with E-state index in [0.717, 1.165) is 12.1 Å². The highest BCUT2D eigenvalue weighted by Gasteiger charge is 2.30. The number of allylic oxidation sites excluding steroid dienone is 3. The highest BCUT2D eigenvalue weighted by atomic mass is 32.2. The fourth-order valence-electron chi connectivity index (χ4n) is 1.59. The zero-order valence-corrected chi connectivity index (χ0v) is 12.7. The van der Waals surface area contributed by atoms with Gasteiger partial charge in [0.25, 0.3) is 0 Å². The number of amidine groups is 1. The molecule has 2 N–H and O–H groups in total. The standard InChI is InChI=1S/C15H15F3N2OS/c1-3-5-12(20-14(19)22-2)9-13(21)10-6-4-7-11(8-10)15(16,17)18/h3-8H,1,9H2,2H3,(H2,19,20)/b12-5-. The first-order chi connectivity index (χ1) is 10.3. The van der Waals surface area contributed by atoms with Gasteiger partial charge in [0.1, 0.15) is 0 Å². The predicted octanol–water partition coefficient (Wildman–Crippen LogP) is 4.03. The van der Waals surface area contributed by atoms with Crippen LogP contribution in [0.1, 0.15) is 22.3 Å². The summed E-state index contributed by atoms with van der Waals surface area (Å²) in [6, 6.07) is 4.29. The van der Waals surface area contributed by atoms with Crippen molar-refractivity contribution in [3.05, 3.63) is 59.8 Å². The summed E-state index contributed by atoms with van der Waals surface area (Å²) in [5.41, 5.74) is 5.03. The van der Waals surface area contributed by atoms with Gasteiger partial charge in [0.2, 0.25) is 0 Å². The highest BCUT2D eigenvalue weighted by Crippen LogP contribution is 2.30. The molecule has 1 aromatic rings. The number of hydrogen-bond acceptors (Lipinski definition) is 3. The summed E-state index contributed by atoms with van der Waals surface area (Å²) in [5, 5.41) is 0.255. The summed E-state index contributed by atoms with van der Waals surface area (Å²) in [6.07, 6.45) is 0.00549. The SMILES string of the molecule is C=C/C=C(/CC(=O)c1cccc(C(F)(F)F)c1)N=C(N)SC. The normalized spacial score (nSPS) is 13.1. The Morgan fingerprint density at radius 1 is 1.45 bits per heavy atom. The van der Waals surface area contributed by atoms with Crippen LogP contribution in [0.4, 0.5) is 13.2 Å². The summed E-state index contributed by atoms with van der Waals surface area (Å²) in [5.74, 6) is -0.475. The van der Waals surface area contributed by atoms with Gasteiger partial charge in [0.05, 0.1) is 17.7 Å². The van der Waals surface area contributed by atoms with Gasteiger partial charge >= 0.3 is 6.18 Å². The van der Waals surface area contributed by atoms with Gasteiger partial charge in [-0.2, -0.15) is 13.2 Å². The van der Waals surface area contributed by atoms with E-state index in [1.54, 1.807) is 6.26 Å². The summed E-state index contributed by atoms with van der Waals surface area (Å²) in [7, 11) is 0. The van der Waals surface area contributed by atoms with Crippen LogP contribution in [0.2, 0.25) is 0 Å². The second kappa shape index (κ2) is 7.84. The van der Waals surface area contributed by atoms with Crippen LogP contribution in [0.3, 0.4) is 0 Å². The number of hydrogen-bond donors (Lipinski definition) is 1. The van der Waals surface area contributed by atoms with Crippen LogP contribution in [0.15, 0.2) is 53.7 Å². The monoisotopic (exact) mass is 328 g/mol. The number of benzene rings is 1. The molecule has 0 bridgehead atoms. The molecule has 0 unspecified atom stereocenters. The molecule has 0 saturated carbocycles. The van der Waals surface area contributed by atoms with Crippen LogP contribution >= 0.6 is 11.8 Å². The highest BCUT2D eigenvalue weighted by molar-refractivity contribution is 8.13. The molecule has 0 radical (unpaired) electrons. The van der Waals surface area contributed by atoms with Gasteiger partial charge in [-0.15, -0.1) is 0 Å². The molecule has 0 saturated heterocycles. The Morgan fingerprint density at radius 3 is 2.68 bits per heavy atom. The van der Waals surface area contributed by atoms with Crippen molar-refractivity contribution in [2.75, 3.05) is 6.26 Å². The van der Waals surface area contributed by atoms with Crippen LogP contribution in [-0.4, -0.2) is 17.2 Å². The number of Topliss-reactive ketones (excluding diaryl/α,β-unsaturated/α-hetero) is 1. The lowest BCUT2D eigenvalue weighted by molar-refractivity contribution is -0.137. The summed E-state index contributed by atoms with van der Waals surface area (Å²) < 4.78 is 38.0. The molecule has 0 aromatic heterocycles. The molecule has 0 atom stereocenters. The molecule has 0 amide bonds. The molecule has 0 aliphatic carbocycles. The number of rotatable bonds is 5. The maximum Gasteiger partial charge on any atom is 0.416 e. The number of nitrogens with zero attached hydrogens (tertiary/aromatic N) is 1. The van der Waals surface area contributed by atoms with Gasteiger partial charge in [-0.1, -0.05) is 36.5 Å². The van der Waals surface area contributed by atoms with Crippen molar-refractivity contribution in [2.45, 2.75) is 12.6 Å². The minimum Gasteiger partial charge on any atom is -0.378 e. The molecule has 3 nitrogen and oxygen atoms in total. The maximum absolute atomic E-state index is 12.7. The molecule has 22 heavy (non-hydrogen) atoms. The van der Waals surface area contributed by atoms with E-state index < -0.39 is 17.5 Å². The predicted molar refractivity (Wildman–Crippen MR) is 83.8 cm³/mol. The lowest BCUT2D eigenvalue weighted by Crippen LogP contribution is -2.09. The number of carbonyl (C=O) groups excluding carboxylic acids is 1. The Labute approximate surface area is 130 Å². The van der Waals surface area contributed by atoms with Crippen molar-refractivity contribution in [1.82, 2.24) is 0 Å². The Balaban J connectivity index is 3.01. The molecule has 118 valence electrons. The Bertz CT molecular complexity index is 621. The van der Waals surface area contributed by atoms with Crippen LogP contribution in [0.5, 0.6) is 0 Å². The Kier molecular flexibility index (Phi) is 6.42. The average Bonchev–Trinajstić information content (AvgIpc) is 2.46. The smallest absolute Gasteiger partial charge is 0.378 e. The third kappa shape index (κ3) is 5.40. The largest absolute Gasteiger partial charge is 0.416 e. The third-order valence-electron chi connectivity index (χ3n) is 2.63. The van der Waals surface area contributed by atoms with Crippen molar-refractivity contribution in [2.24, 2.45) is 10.7 Å². The van der Waals surface area contributed by atoms with Gasteiger partial charge in [-0.25, -0.2) is 4.99 Å². The van der Waals surface area contributed by atoms with Crippen LogP contribution in [0.25, 0.3) is 0 Å². The molecule has 1 rings (SSSR count). The Hall–Kier alpha value is -2.02. The van der Waals surface area contributed by atoms with E-state index in [0.29, 0.717) is 5.70 Å². The molecule has 1 aromatic carbocycles. The topological polar surface area (TPSA) is 55.5 Å². The van der Waals surface area contributed by atoms with Gasteiger partial charge in [0, 0.05) is 5.56 Å². The number of nitrogens with two attached hydrogens (primary N) is 1. The number of carbonyl (C=O) groups is 1. The first-order valence-corrected chi connectivity index (χ1v) is 7.40. The molecule has 7 heteroatoms. The van der Waals surface area contributed by atoms with Crippen molar-refractivity contribution >= 4 is 22.7 Å². The van der Waals surface area contributed by atoms with Gasteiger partial charge in [-0.3, -0.25) is 4.79 Å². The molecular formula is C15H15F3N2OS. The molecule has 0 fully saturated rings. The van der Waals surface area contributed by atoms with E-state index in [2.05, 4.69) is 11.6 Å². The van der Waals surface area contributed by atoms with E-state index in [1.165, 1.54) is 36.0 Å². The number of thioether (sulfide) groups is 1. The van der Waals surface area contributed by atoms with Crippen LogP contribution < -0.4 is 5.73 Å². The van der Waals surface area contributed by atoms with Crippen molar-refractivity contribution in [3.63, 3.8) is 0 Å². The number of alkyl halides is 3. The number of aliphatic imine (C=N–C) groups is 1. The van der Waals surface area contributed by atoms with E-state index in [9.17, 15) is 18.0 Å². The van der Waals surface area contributed by atoms with E-state index >= 15 is 0 Å².